The van der Waals surface area contributed by atoms with E-state index in [1.54, 1.807) is 0 Å². The maximum Gasteiger partial charge on any atom is 0.407 e. The van der Waals surface area contributed by atoms with Gasteiger partial charge in [0, 0.05) is 42.1 Å². The molecule has 0 radical (unpaired) electrons. The first kappa shape index (κ1) is 37.2. The lowest BCUT2D eigenvalue weighted by atomic mass is 9.89. The molecule has 1 aromatic heterocycles. The summed E-state index contributed by atoms with van der Waals surface area (Å²) in [5, 5.41) is 6.58. The molecule has 4 amide bonds. The van der Waals surface area contributed by atoms with Crippen LogP contribution in [0.4, 0.5) is 9.59 Å². The van der Waals surface area contributed by atoms with Gasteiger partial charge >= 0.3 is 12.2 Å². The van der Waals surface area contributed by atoms with Gasteiger partial charge in [0.2, 0.25) is 11.8 Å². The number of nitrogens with zero attached hydrogens (tertiary/aromatic N) is 3. The van der Waals surface area contributed by atoms with Crippen molar-refractivity contribution in [2.75, 3.05) is 20.8 Å². The fraction of sp³-hybridized carbons (Fsp3) is 0.500. The van der Waals surface area contributed by atoms with Gasteiger partial charge in [-0.15, -0.1) is 0 Å². The third-order valence-electron chi connectivity index (χ3n) is 11.8. The number of alkyl carbamates (subject to hydrolysis) is 2. The summed E-state index contributed by atoms with van der Waals surface area (Å²) >= 11 is 0. The van der Waals surface area contributed by atoms with Crippen molar-refractivity contribution in [1.82, 2.24) is 25.4 Å². The Morgan fingerprint density at radius 1 is 0.815 bits per heavy atom. The van der Waals surface area contributed by atoms with E-state index in [1.807, 2.05) is 43.7 Å². The predicted molar refractivity (Wildman–Crippen MR) is 208 cm³/mol. The van der Waals surface area contributed by atoms with Crippen molar-refractivity contribution in [3.05, 3.63) is 66.0 Å². The molecule has 0 spiro atoms. The van der Waals surface area contributed by atoms with E-state index in [9.17, 15) is 19.2 Å². The van der Waals surface area contributed by atoms with Crippen LogP contribution in [0.25, 0.3) is 27.6 Å². The molecular formula is C42H52N6O6. The van der Waals surface area contributed by atoms with Crippen LogP contribution in [0.5, 0.6) is 0 Å². The highest BCUT2D eigenvalue weighted by atomic mass is 16.5. The summed E-state index contributed by atoms with van der Waals surface area (Å²) in [6, 6.07) is 15.8. The van der Waals surface area contributed by atoms with Crippen molar-refractivity contribution in [1.29, 1.82) is 0 Å². The molecule has 1 saturated carbocycles. The number of likely N-dealkylation sites (tertiary alicyclic amines) is 2. The summed E-state index contributed by atoms with van der Waals surface area (Å²) in [6.07, 6.45) is 6.20. The largest absolute Gasteiger partial charge is 0.453 e. The van der Waals surface area contributed by atoms with Crippen molar-refractivity contribution in [3.8, 4) is 11.1 Å². The van der Waals surface area contributed by atoms with Crippen LogP contribution in [0, 0.1) is 17.8 Å². The lowest BCUT2D eigenvalue weighted by molar-refractivity contribution is -0.137. The summed E-state index contributed by atoms with van der Waals surface area (Å²) in [6.45, 7) is 8.36. The highest BCUT2D eigenvalue weighted by molar-refractivity contribution is 6.04. The Kier molecular flexibility index (Phi) is 10.5. The quantitative estimate of drug-likeness (QED) is 0.208. The van der Waals surface area contributed by atoms with E-state index < -0.39 is 24.3 Å². The highest BCUT2D eigenvalue weighted by Crippen LogP contribution is 2.45. The van der Waals surface area contributed by atoms with E-state index >= 15 is 0 Å². The first-order valence-electron chi connectivity index (χ1n) is 19.3. The van der Waals surface area contributed by atoms with Crippen LogP contribution in [0.1, 0.15) is 83.5 Å². The topological polar surface area (TPSA) is 145 Å². The number of benzene rings is 2. The molecule has 12 nitrogen and oxygen atoms in total. The maximum atomic E-state index is 13.9. The molecule has 3 aromatic rings. The van der Waals surface area contributed by atoms with E-state index in [1.165, 1.54) is 14.2 Å². The number of nitrogens with one attached hydrogen (secondary N) is 3. The Bertz CT molecular complexity index is 1980. The summed E-state index contributed by atoms with van der Waals surface area (Å²) in [4.78, 5) is 64.1. The Hall–Kier alpha value is -5.13. The normalized spacial score (nSPS) is 23.1. The number of ether oxygens (including phenoxy) is 2. The summed E-state index contributed by atoms with van der Waals surface area (Å²) in [5.41, 5.74) is 7.40. The van der Waals surface area contributed by atoms with Crippen LogP contribution >= 0.6 is 0 Å². The average molecular weight is 737 g/mol. The number of carbonyl (C=O) groups excluding carboxylic acids is 4. The second-order valence-electron chi connectivity index (χ2n) is 15.9. The van der Waals surface area contributed by atoms with Gasteiger partial charge in [-0.3, -0.25) is 14.6 Å². The molecule has 4 heterocycles. The monoisotopic (exact) mass is 736 g/mol. The smallest absolute Gasteiger partial charge is 0.407 e. The number of rotatable bonds is 10. The first-order valence-corrected chi connectivity index (χ1v) is 19.3. The fourth-order valence-corrected chi connectivity index (χ4v) is 9.02. The minimum atomic E-state index is -0.661. The number of aromatic nitrogens is 1. The molecule has 2 bridgehead atoms. The van der Waals surface area contributed by atoms with Crippen molar-refractivity contribution in [3.63, 3.8) is 0 Å². The highest BCUT2D eigenvalue weighted by Gasteiger charge is 2.52. The molecule has 7 rings (SSSR count). The van der Waals surface area contributed by atoms with Crippen LogP contribution in [0.2, 0.25) is 0 Å². The second-order valence-corrected chi connectivity index (χ2v) is 15.9. The van der Waals surface area contributed by atoms with Gasteiger partial charge in [-0.25, -0.2) is 9.59 Å². The molecule has 2 aromatic carbocycles. The van der Waals surface area contributed by atoms with Gasteiger partial charge in [0.15, 0.2) is 0 Å². The van der Waals surface area contributed by atoms with E-state index in [-0.39, 0.29) is 41.8 Å². The number of hydrogen-bond acceptors (Lipinski definition) is 7. The van der Waals surface area contributed by atoms with E-state index in [2.05, 4.69) is 64.1 Å². The van der Waals surface area contributed by atoms with Crippen LogP contribution in [-0.4, -0.2) is 89.4 Å². The molecule has 1 aliphatic carbocycles. The number of piperidine rings is 1. The molecule has 2 saturated heterocycles. The van der Waals surface area contributed by atoms with Gasteiger partial charge in [0.25, 0.3) is 0 Å². The minimum Gasteiger partial charge on any atom is -0.453 e. The summed E-state index contributed by atoms with van der Waals surface area (Å²) < 4.78 is 9.61. The molecule has 54 heavy (non-hydrogen) atoms. The van der Waals surface area contributed by atoms with Crippen LogP contribution < -0.4 is 10.6 Å². The average Bonchev–Trinajstić information content (AvgIpc) is 4.02. The molecule has 3 N–H and O–H groups in total. The number of aromatic amines is 1. The molecule has 6 atom stereocenters. The van der Waals surface area contributed by atoms with E-state index in [0.717, 1.165) is 76.7 Å². The molecule has 3 fully saturated rings. The van der Waals surface area contributed by atoms with Gasteiger partial charge in [0.1, 0.15) is 12.1 Å². The number of fused-ring (bicyclic) bond motifs is 3. The van der Waals surface area contributed by atoms with E-state index in [4.69, 9.17) is 14.5 Å². The van der Waals surface area contributed by atoms with E-state index in [0.29, 0.717) is 18.9 Å². The Morgan fingerprint density at radius 3 is 2.13 bits per heavy atom. The first-order chi connectivity index (χ1) is 26.0. The van der Waals surface area contributed by atoms with Crippen LogP contribution in [0.15, 0.2) is 59.7 Å². The van der Waals surface area contributed by atoms with Crippen molar-refractivity contribution in [2.45, 2.75) is 96.4 Å². The fourth-order valence-electron chi connectivity index (χ4n) is 9.02. The van der Waals surface area contributed by atoms with Crippen molar-refractivity contribution >= 4 is 46.2 Å². The molecule has 4 aliphatic rings. The molecule has 12 heteroatoms. The van der Waals surface area contributed by atoms with Crippen molar-refractivity contribution < 1.29 is 28.7 Å². The zero-order chi connectivity index (χ0) is 38.3. The standard InChI is InChI=1S/C42H52N6O6/c1-23(2)36(45-41(51)53-5)39(49)47-17-7-8-35(47)33-20-28-14-13-27(19-32(28)44-33)25-9-11-26(12-10-25)30-21-34(43-22-30)38-29-15-16-31(18-29)48(38)40(50)37(24(3)4)46-42(52)54-6/h9-14,19-20,22-24,29,31,35-38,44H,7-8,15-18,21H2,1-6H3,(H,45,51)(H,46,52)/t29?,31?,35-,36-,37-,38?/m0/s1. The maximum absolute atomic E-state index is 13.9. The van der Waals surface area contributed by atoms with Crippen LogP contribution in [-0.2, 0) is 19.1 Å². The van der Waals surface area contributed by atoms with Gasteiger partial charge in [0.05, 0.1) is 26.3 Å². The number of hydrogen-bond donors (Lipinski definition) is 3. The number of methoxy groups -OCH3 is 2. The third-order valence-corrected chi connectivity index (χ3v) is 11.8. The molecule has 286 valence electrons. The number of amides is 4. The lowest BCUT2D eigenvalue weighted by Gasteiger charge is -2.38. The number of aliphatic imine (C=N–C) groups is 1. The van der Waals surface area contributed by atoms with Gasteiger partial charge in [-0.1, -0.05) is 64.1 Å². The zero-order valence-electron chi connectivity index (χ0n) is 32.1. The summed E-state index contributed by atoms with van der Waals surface area (Å²) in [5.74, 6) is 0.0588. The van der Waals surface area contributed by atoms with Gasteiger partial charge in [-0.2, -0.15) is 0 Å². The predicted octanol–water partition coefficient (Wildman–Crippen LogP) is 6.82. The molecular weight excluding hydrogens is 684 g/mol. The third kappa shape index (κ3) is 7.10. The Morgan fingerprint density at radius 2 is 1.46 bits per heavy atom. The molecule has 3 aliphatic heterocycles. The Balaban J connectivity index is 1.03. The lowest BCUT2D eigenvalue weighted by Crippen LogP contribution is -2.57. The Labute approximate surface area is 316 Å². The minimum absolute atomic E-state index is 0.0546. The summed E-state index contributed by atoms with van der Waals surface area (Å²) in [7, 11) is 2.62. The number of allylic oxidation sites excluding steroid dienone is 1. The van der Waals surface area contributed by atoms with Gasteiger partial charge < -0.3 is 34.9 Å². The van der Waals surface area contributed by atoms with Gasteiger partial charge in [-0.05, 0) is 89.6 Å². The van der Waals surface area contributed by atoms with Crippen LogP contribution in [0.3, 0.4) is 0 Å². The SMILES string of the molecule is COC(=O)N[C@H](C(=O)N1C2CCC(C2)C1C1=NC=C(c2ccc(-c3ccc4cc([C@@H]5CCCN5C(=O)[C@@H](NC(=O)OC)C(C)C)[nH]c4c3)cc2)C1)C(C)C. The second kappa shape index (κ2) is 15.3. The van der Waals surface area contributed by atoms with Crippen molar-refractivity contribution in [2.24, 2.45) is 22.7 Å². The number of H-pyrrole nitrogens is 1. The number of carbonyl (C=O) groups is 4. The zero-order valence-corrected chi connectivity index (χ0v) is 32.1. The molecule has 3 unspecified atom stereocenters.